The molecule has 0 amide bonds. The van der Waals surface area contributed by atoms with E-state index in [0.717, 1.165) is 6.20 Å². The van der Waals surface area contributed by atoms with Gasteiger partial charge in [-0.05, 0) is 46.3 Å². The molecule has 0 aliphatic carbocycles. The van der Waals surface area contributed by atoms with E-state index in [-0.39, 0.29) is 35.5 Å². The number of hydrogen-bond acceptors (Lipinski definition) is 7. The smallest absolute Gasteiger partial charge is 0.334 e. The molecule has 3 heterocycles. The minimum atomic E-state index is -0.901. The number of aliphatic imine (C=N–C) groups is 1. The number of hydrogen-bond donors (Lipinski definition) is 2. The summed E-state index contributed by atoms with van der Waals surface area (Å²) >= 11 is 6.25. The fourth-order valence-electron chi connectivity index (χ4n) is 3.37. The summed E-state index contributed by atoms with van der Waals surface area (Å²) in [5.41, 5.74) is -1.29. The van der Waals surface area contributed by atoms with E-state index >= 15 is 0 Å². The Morgan fingerprint density at radius 2 is 1.98 bits per heavy atom. The Bertz CT molecular complexity index is 1600. The van der Waals surface area contributed by atoms with E-state index in [4.69, 9.17) is 16.3 Å². The maximum Gasteiger partial charge on any atom is 0.334 e. The van der Waals surface area contributed by atoms with Crippen molar-refractivity contribution in [3.8, 4) is 5.75 Å². The third-order valence-electron chi connectivity index (χ3n) is 6.09. The molecule has 0 saturated carbocycles. The van der Waals surface area contributed by atoms with E-state index in [1.165, 1.54) is 50.6 Å². The molecule has 0 bridgehead atoms. The molecular formula is C27H30ClF2N5O5. The van der Waals surface area contributed by atoms with Crippen LogP contribution in [-0.4, -0.2) is 47.4 Å². The van der Waals surface area contributed by atoms with Crippen molar-refractivity contribution >= 4 is 23.6 Å². The number of aryl methyl sites for hydroxylation is 1. The normalized spacial score (nSPS) is 13.8. The molecule has 0 aliphatic heterocycles. The highest BCUT2D eigenvalue weighted by Crippen LogP contribution is 2.23. The van der Waals surface area contributed by atoms with Gasteiger partial charge in [-0.25, -0.2) is 18.6 Å². The molecule has 3 rings (SSSR count). The first-order valence-corrected chi connectivity index (χ1v) is 12.5. The summed E-state index contributed by atoms with van der Waals surface area (Å²) in [5, 5.41) is 19.2. The summed E-state index contributed by atoms with van der Waals surface area (Å²) in [4.78, 5) is 34.2. The Kier molecular flexibility index (Phi) is 9.61. The molecule has 13 heteroatoms. The average molecular weight is 578 g/mol. The number of imidazole rings is 1. The van der Waals surface area contributed by atoms with Crippen LogP contribution in [0.1, 0.15) is 39.1 Å². The number of aliphatic hydroxyl groups excluding tert-OH is 2. The maximum absolute atomic E-state index is 13.9. The lowest BCUT2D eigenvalue weighted by molar-refractivity contribution is 0.161. The molecule has 1 atom stereocenters. The van der Waals surface area contributed by atoms with Gasteiger partial charge in [-0.3, -0.25) is 23.5 Å². The highest BCUT2D eigenvalue weighted by Gasteiger charge is 2.23. The predicted octanol–water partition coefficient (Wildman–Crippen LogP) is 3.46. The highest BCUT2D eigenvalue weighted by molar-refractivity contribution is 6.31. The number of nitrogens with zero attached hydrogens (tertiary/aromatic N) is 5. The molecule has 0 radical (unpaired) electrons. The number of aromatic nitrogens is 4. The number of rotatable bonds is 9. The first-order chi connectivity index (χ1) is 18.8. The van der Waals surface area contributed by atoms with Crippen LogP contribution in [0.4, 0.5) is 8.78 Å². The summed E-state index contributed by atoms with van der Waals surface area (Å²) in [5.74, 6) is -1.65. The summed E-state index contributed by atoms with van der Waals surface area (Å²) in [7, 11) is 0. The molecule has 2 N–H and O–H groups in total. The fourth-order valence-corrected chi connectivity index (χ4v) is 3.57. The molecule has 0 fully saturated rings. The largest absolute Gasteiger partial charge is 0.485 e. The number of halogens is 3. The first kappa shape index (κ1) is 30.7. The molecule has 0 aliphatic rings. The monoisotopic (exact) mass is 577 g/mol. The van der Waals surface area contributed by atoms with E-state index in [1.54, 1.807) is 34.6 Å². The zero-order valence-electron chi connectivity index (χ0n) is 22.6. The molecule has 0 aromatic carbocycles. The van der Waals surface area contributed by atoms with Crippen LogP contribution in [0.25, 0.3) is 6.20 Å². The maximum atomic E-state index is 13.9. The minimum Gasteiger partial charge on any atom is -0.485 e. The first-order valence-electron chi connectivity index (χ1n) is 12.1. The van der Waals surface area contributed by atoms with Gasteiger partial charge in [-0.15, -0.1) is 0 Å². The number of pyridine rings is 2. The zero-order chi connectivity index (χ0) is 29.8. The van der Waals surface area contributed by atoms with Crippen LogP contribution in [0.15, 0.2) is 63.2 Å². The Labute approximate surface area is 233 Å². The van der Waals surface area contributed by atoms with Gasteiger partial charge in [-0.2, -0.15) is 0 Å². The van der Waals surface area contributed by atoms with Gasteiger partial charge in [0.25, 0.3) is 5.56 Å². The van der Waals surface area contributed by atoms with Crippen LogP contribution in [-0.2, 0) is 12.1 Å². The third kappa shape index (κ3) is 6.82. The summed E-state index contributed by atoms with van der Waals surface area (Å²) in [6, 6.07) is 2.12. The zero-order valence-corrected chi connectivity index (χ0v) is 23.4. The molecule has 3 aromatic rings. The van der Waals surface area contributed by atoms with Gasteiger partial charge in [0.15, 0.2) is 5.82 Å². The van der Waals surface area contributed by atoms with Crippen molar-refractivity contribution in [1.29, 1.82) is 0 Å². The van der Waals surface area contributed by atoms with Crippen molar-refractivity contribution in [2.75, 3.05) is 6.61 Å². The van der Waals surface area contributed by atoms with Crippen molar-refractivity contribution in [3.05, 3.63) is 97.5 Å². The Morgan fingerprint density at radius 1 is 1.27 bits per heavy atom. The van der Waals surface area contributed by atoms with Gasteiger partial charge in [0.2, 0.25) is 0 Å². The molecule has 0 unspecified atom stereocenters. The van der Waals surface area contributed by atoms with Crippen molar-refractivity contribution < 1.29 is 23.7 Å². The number of aliphatic hydroxyl groups is 2. The minimum absolute atomic E-state index is 0.0248. The number of ether oxygens (including phenoxy) is 1. The van der Waals surface area contributed by atoms with Crippen LogP contribution < -0.4 is 16.0 Å². The van der Waals surface area contributed by atoms with Crippen LogP contribution in [0.3, 0.4) is 0 Å². The van der Waals surface area contributed by atoms with Gasteiger partial charge in [-0.1, -0.05) is 11.6 Å². The lowest BCUT2D eigenvalue weighted by Crippen LogP contribution is -2.40. The standard InChI is InChI=1S/C27H30ClF2N5O5/c1-16(18(3)37)12-32-23(34-8-9-35(26(34)39)27(4,5)15-36)6-7-33-17(2)10-22(24(28)25(33)38)40-14-21-20(30)11-19(29)13-31-21/h6-13,18,36-37H,14-15H2,1-5H3/b7-6+,16-12-,32-23+/t18-/m0/s1. The Morgan fingerprint density at radius 3 is 2.60 bits per heavy atom. The van der Waals surface area contributed by atoms with Gasteiger partial charge in [0.05, 0.1) is 24.4 Å². The fraction of sp³-hybridized carbons (Fsp3) is 0.333. The summed E-state index contributed by atoms with van der Waals surface area (Å²) in [6.45, 7) is 7.55. The van der Waals surface area contributed by atoms with E-state index in [2.05, 4.69) is 9.98 Å². The van der Waals surface area contributed by atoms with Crippen LogP contribution in [0.5, 0.6) is 5.75 Å². The van der Waals surface area contributed by atoms with Crippen molar-refractivity contribution in [1.82, 2.24) is 18.7 Å². The van der Waals surface area contributed by atoms with Crippen LogP contribution >= 0.6 is 11.6 Å². The van der Waals surface area contributed by atoms with Gasteiger partial charge >= 0.3 is 5.69 Å². The van der Waals surface area contributed by atoms with Crippen molar-refractivity contribution in [3.63, 3.8) is 0 Å². The van der Waals surface area contributed by atoms with Crippen LogP contribution in [0.2, 0.25) is 5.02 Å². The van der Waals surface area contributed by atoms with Crippen molar-refractivity contribution in [2.45, 2.75) is 52.9 Å². The van der Waals surface area contributed by atoms with E-state index in [9.17, 15) is 28.6 Å². The molecule has 3 aromatic heterocycles. The molecule has 214 valence electrons. The quantitative estimate of drug-likeness (QED) is 0.297. The predicted molar refractivity (Wildman–Crippen MR) is 148 cm³/mol. The van der Waals surface area contributed by atoms with Gasteiger partial charge in [0.1, 0.15) is 34.7 Å². The van der Waals surface area contributed by atoms with E-state index < -0.39 is 34.5 Å². The van der Waals surface area contributed by atoms with E-state index in [1.807, 2.05) is 0 Å². The second-order valence-electron chi connectivity index (χ2n) is 9.65. The SMILES string of the molecule is C/C(=C/N=C(\C=C\n1c(C)cc(OCc2ncc(F)cc2F)c(Cl)c1=O)n1ccn(C(C)(C)CO)c1=O)[C@H](C)O. The molecule has 0 saturated heterocycles. The highest BCUT2D eigenvalue weighted by atomic mass is 35.5. The van der Waals surface area contributed by atoms with Gasteiger partial charge in [0, 0.05) is 42.6 Å². The number of allylic oxidation sites excluding steroid dienone is 1. The van der Waals surface area contributed by atoms with Gasteiger partial charge < -0.3 is 14.9 Å². The average Bonchev–Trinajstić information content (AvgIpc) is 3.29. The van der Waals surface area contributed by atoms with Crippen LogP contribution in [0, 0.1) is 18.6 Å². The lowest BCUT2D eigenvalue weighted by Gasteiger charge is -2.22. The summed E-state index contributed by atoms with van der Waals surface area (Å²) < 4.78 is 36.3. The molecule has 0 spiro atoms. The second-order valence-corrected chi connectivity index (χ2v) is 10.0. The topological polar surface area (TPSA) is 124 Å². The van der Waals surface area contributed by atoms with E-state index in [0.29, 0.717) is 17.3 Å². The molecule has 10 nitrogen and oxygen atoms in total. The molecular weight excluding hydrogens is 548 g/mol. The second kappa shape index (κ2) is 12.5. The molecule has 40 heavy (non-hydrogen) atoms. The lowest BCUT2D eigenvalue weighted by atomic mass is 10.1. The Balaban J connectivity index is 2.01. The summed E-state index contributed by atoms with van der Waals surface area (Å²) in [6.07, 6.45) is 7.21. The Hall–Kier alpha value is -3.87. The van der Waals surface area contributed by atoms with Crippen molar-refractivity contribution in [2.24, 2.45) is 4.99 Å². The third-order valence-corrected chi connectivity index (χ3v) is 6.43.